The van der Waals surface area contributed by atoms with E-state index in [0.29, 0.717) is 23.1 Å². The van der Waals surface area contributed by atoms with Gasteiger partial charge in [0.1, 0.15) is 5.75 Å². The number of hydrogen-bond donors (Lipinski definition) is 2. The van der Waals surface area contributed by atoms with E-state index in [1.54, 1.807) is 32.1 Å². The third-order valence-corrected chi connectivity index (χ3v) is 5.16. The molecule has 164 valence electrons. The fraction of sp³-hybridized carbons (Fsp3) is 0.579. The van der Waals surface area contributed by atoms with Crippen molar-refractivity contribution in [2.24, 2.45) is 10.4 Å². The van der Waals surface area contributed by atoms with Gasteiger partial charge in [0.05, 0.1) is 5.41 Å². The molecule has 1 amide bonds. The first-order chi connectivity index (χ1) is 13.3. The van der Waals surface area contributed by atoms with E-state index in [2.05, 4.69) is 20.4 Å². The normalized spacial score (nSPS) is 15.6. The van der Waals surface area contributed by atoms with E-state index in [4.69, 9.17) is 11.6 Å². The van der Waals surface area contributed by atoms with Crippen LogP contribution in [-0.4, -0.2) is 51.1 Å². The van der Waals surface area contributed by atoms with E-state index >= 15 is 0 Å². The van der Waals surface area contributed by atoms with Gasteiger partial charge in [-0.1, -0.05) is 24.4 Å². The second-order valence-corrected chi connectivity index (χ2v) is 7.53. The molecule has 0 saturated heterocycles. The minimum Gasteiger partial charge on any atom is -0.434 e. The molecule has 0 bridgehead atoms. The van der Waals surface area contributed by atoms with E-state index in [1.165, 1.54) is 12.1 Å². The number of carbonyl (C=O) groups excluding carboxylic acids is 1. The van der Waals surface area contributed by atoms with Crippen molar-refractivity contribution in [2.45, 2.75) is 38.8 Å². The zero-order chi connectivity index (χ0) is 20.7. The first-order valence-electron chi connectivity index (χ1n) is 9.17. The Morgan fingerprint density at radius 1 is 1.31 bits per heavy atom. The molecule has 1 aliphatic rings. The lowest BCUT2D eigenvalue weighted by atomic mass is 9.84. The maximum atomic E-state index is 12.7. The number of aliphatic imine (C=N–C) groups is 1. The molecule has 1 aromatic carbocycles. The molecule has 0 radical (unpaired) electrons. The van der Waals surface area contributed by atoms with Crippen molar-refractivity contribution in [3.63, 3.8) is 0 Å². The molecule has 0 heterocycles. The highest BCUT2D eigenvalue weighted by atomic mass is 127. The summed E-state index contributed by atoms with van der Waals surface area (Å²) in [5, 5.41) is 6.69. The number of hydrogen-bond acceptors (Lipinski definition) is 3. The van der Waals surface area contributed by atoms with Gasteiger partial charge < -0.3 is 20.3 Å². The van der Waals surface area contributed by atoms with Crippen molar-refractivity contribution < 1.29 is 18.3 Å². The van der Waals surface area contributed by atoms with Crippen molar-refractivity contribution in [3.8, 4) is 5.75 Å². The Labute approximate surface area is 192 Å². The number of carbonyl (C=O) groups is 1. The second kappa shape index (κ2) is 11.7. The molecule has 1 saturated carbocycles. The smallest absolute Gasteiger partial charge is 0.387 e. The SMILES string of the molecule is CN=C(NCc1cc(Cl)ccc1OC(F)F)NCC1(C(=O)N(C)C)CCCC1.I. The number of alkyl halides is 2. The van der Waals surface area contributed by atoms with E-state index in [9.17, 15) is 13.6 Å². The molecule has 1 fully saturated rings. The number of amides is 1. The summed E-state index contributed by atoms with van der Waals surface area (Å²) in [5.41, 5.74) is 0.0388. The minimum absolute atomic E-state index is 0. The minimum atomic E-state index is -2.92. The van der Waals surface area contributed by atoms with Gasteiger partial charge in [0.2, 0.25) is 5.91 Å². The van der Waals surface area contributed by atoms with E-state index < -0.39 is 12.0 Å². The van der Waals surface area contributed by atoms with Gasteiger partial charge in [-0.2, -0.15) is 8.78 Å². The number of halogens is 4. The molecule has 2 N–H and O–H groups in total. The van der Waals surface area contributed by atoms with Crippen LogP contribution in [0.1, 0.15) is 31.2 Å². The highest BCUT2D eigenvalue weighted by Gasteiger charge is 2.42. The van der Waals surface area contributed by atoms with Crippen LogP contribution in [0.3, 0.4) is 0 Å². The number of benzene rings is 1. The van der Waals surface area contributed by atoms with Crippen LogP contribution in [-0.2, 0) is 11.3 Å². The molecule has 0 unspecified atom stereocenters. The van der Waals surface area contributed by atoms with Gasteiger partial charge >= 0.3 is 6.61 Å². The maximum Gasteiger partial charge on any atom is 0.387 e. The Balaban J connectivity index is 0.00000420. The third-order valence-electron chi connectivity index (χ3n) is 4.92. The van der Waals surface area contributed by atoms with Gasteiger partial charge in [-0.15, -0.1) is 24.0 Å². The van der Waals surface area contributed by atoms with Gasteiger partial charge in [0.15, 0.2) is 5.96 Å². The van der Waals surface area contributed by atoms with Crippen molar-refractivity contribution in [2.75, 3.05) is 27.7 Å². The highest BCUT2D eigenvalue weighted by Crippen LogP contribution is 2.38. The maximum absolute atomic E-state index is 12.7. The first-order valence-corrected chi connectivity index (χ1v) is 9.55. The predicted octanol–water partition coefficient (Wildman–Crippen LogP) is 3.87. The molecule has 2 rings (SSSR count). The van der Waals surface area contributed by atoms with Crippen LogP contribution in [0.15, 0.2) is 23.2 Å². The fourth-order valence-electron chi connectivity index (χ4n) is 3.54. The Hall–Kier alpha value is -1.36. The standard InChI is InChI=1S/C19H27ClF2N4O2.HI/c1-23-18(25-12-19(8-4-5-9-19)16(27)26(2)3)24-11-13-10-14(20)6-7-15(13)28-17(21)22;/h6-7,10,17H,4-5,8-9,11-12H2,1-3H3,(H2,23,24,25);1H. The Morgan fingerprint density at radius 3 is 2.52 bits per heavy atom. The van der Waals surface area contributed by atoms with Crippen LogP contribution in [0.25, 0.3) is 0 Å². The lowest BCUT2D eigenvalue weighted by molar-refractivity contribution is -0.138. The summed E-state index contributed by atoms with van der Waals surface area (Å²) in [5.74, 6) is 0.633. The number of rotatable bonds is 7. The summed E-state index contributed by atoms with van der Waals surface area (Å²) in [6.45, 7) is -2.27. The third kappa shape index (κ3) is 7.13. The molecule has 0 atom stereocenters. The first kappa shape index (κ1) is 25.7. The Bertz CT molecular complexity index is 713. The quantitative estimate of drug-likeness (QED) is 0.311. The average molecular weight is 545 g/mol. The molecule has 0 aliphatic heterocycles. The number of nitrogens with zero attached hydrogens (tertiary/aromatic N) is 2. The van der Waals surface area contributed by atoms with E-state index in [-0.39, 0.29) is 42.2 Å². The van der Waals surface area contributed by atoms with Crippen LogP contribution in [0.4, 0.5) is 8.78 Å². The summed E-state index contributed by atoms with van der Waals surface area (Å²) in [6, 6.07) is 4.46. The van der Waals surface area contributed by atoms with E-state index in [0.717, 1.165) is 25.7 Å². The van der Waals surface area contributed by atoms with Gasteiger partial charge in [0.25, 0.3) is 0 Å². The monoisotopic (exact) mass is 544 g/mol. The summed E-state index contributed by atoms with van der Waals surface area (Å²) >= 11 is 5.97. The lowest BCUT2D eigenvalue weighted by Crippen LogP contribution is -2.49. The summed E-state index contributed by atoms with van der Waals surface area (Å²) in [4.78, 5) is 18.4. The van der Waals surface area contributed by atoms with Crippen LogP contribution < -0.4 is 15.4 Å². The molecular formula is C19H28ClF2IN4O2. The zero-order valence-electron chi connectivity index (χ0n) is 16.8. The van der Waals surface area contributed by atoms with Crippen LogP contribution in [0.2, 0.25) is 5.02 Å². The number of nitrogens with one attached hydrogen (secondary N) is 2. The predicted molar refractivity (Wildman–Crippen MR) is 121 cm³/mol. The van der Waals surface area contributed by atoms with Crippen LogP contribution in [0.5, 0.6) is 5.75 Å². The number of guanidine groups is 1. The molecule has 0 aromatic heterocycles. The van der Waals surface area contributed by atoms with Gasteiger partial charge in [-0.05, 0) is 31.0 Å². The van der Waals surface area contributed by atoms with Crippen molar-refractivity contribution in [1.29, 1.82) is 0 Å². The summed E-state index contributed by atoms with van der Waals surface area (Å²) in [7, 11) is 5.14. The highest BCUT2D eigenvalue weighted by molar-refractivity contribution is 14.0. The Morgan fingerprint density at radius 2 is 1.97 bits per heavy atom. The molecule has 1 aliphatic carbocycles. The largest absolute Gasteiger partial charge is 0.434 e. The molecule has 10 heteroatoms. The van der Waals surface area contributed by atoms with Crippen LogP contribution >= 0.6 is 35.6 Å². The summed E-state index contributed by atoms with van der Waals surface area (Å²) < 4.78 is 29.7. The fourth-order valence-corrected chi connectivity index (χ4v) is 3.74. The molecular weight excluding hydrogens is 517 g/mol. The average Bonchev–Trinajstić information content (AvgIpc) is 3.12. The van der Waals surface area contributed by atoms with Crippen molar-refractivity contribution in [1.82, 2.24) is 15.5 Å². The number of ether oxygens (including phenoxy) is 1. The van der Waals surface area contributed by atoms with E-state index in [1.807, 2.05) is 0 Å². The van der Waals surface area contributed by atoms with Crippen molar-refractivity contribution in [3.05, 3.63) is 28.8 Å². The van der Waals surface area contributed by atoms with Gasteiger partial charge in [-0.3, -0.25) is 9.79 Å². The second-order valence-electron chi connectivity index (χ2n) is 7.10. The zero-order valence-corrected chi connectivity index (χ0v) is 19.9. The van der Waals surface area contributed by atoms with Gasteiger partial charge in [0, 0.05) is 44.8 Å². The molecule has 29 heavy (non-hydrogen) atoms. The lowest BCUT2D eigenvalue weighted by Gasteiger charge is -2.31. The summed E-state index contributed by atoms with van der Waals surface area (Å²) in [6.07, 6.45) is 3.69. The molecule has 0 spiro atoms. The van der Waals surface area contributed by atoms with Gasteiger partial charge in [-0.25, -0.2) is 0 Å². The molecule has 1 aromatic rings. The van der Waals surface area contributed by atoms with Crippen LogP contribution in [0, 0.1) is 5.41 Å². The van der Waals surface area contributed by atoms with Crippen molar-refractivity contribution >= 4 is 47.4 Å². The molecule has 6 nitrogen and oxygen atoms in total. The Kier molecular flexibility index (Phi) is 10.4. The topological polar surface area (TPSA) is 66.0 Å².